The Morgan fingerprint density at radius 1 is 1.71 bits per heavy atom. The van der Waals surface area contributed by atoms with E-state index in [4.69, 9.17) is 0 Å². The summed E-state index contributed by atoms with van der Waals surface area (Å²) in [4.78, 5) is 0. The summed E-state index contributed by atoms with van der Waals surface area (Å²) in [5.41, 5.74) is 0. The molecule has 42 valence electrons. The van der Waals surface area contributed by atoms with Crippen molar-refractivity contribution in [2.45, 2.75) is 25.8 Å². The Labute approximate surface area is 43.7 Å². The van der Waals surface area contributed by atoms with Crippen LogP contribution in [0.1, 0.15) is 19.8 Å². The molecule has 1 unspecified atom stereocenters. The van der Waals surface area contributed by atoms with Crippen LogP contribution in [-0.2, 0) is 0 Å². The zero-order valence-corrected chi connectivity index (χ0v) is 4.55. The van der Waals surface area contributed by atoms with Crippen molar-refractivity contribution in [2.75, 3.05) is 6.54 Å². The molecule has 2 heteroatoms. The van der Waals surface area contributed by atoms with Gasteiger partial charge in [0.05, 0.1) is 0 Å². The lowest BCUT2D eigenvalue weighted by Gasteiger charge is -2.26. The molecule has 1 fully saturated rings. The molecule has 1 aliphatic rings. The van der Waals surface area contributed by atoms with Crippen molar-refractivity contribution in [1.29, 1.82) is 0 Å². The lowest BCUT2D eigenvalue weighted by atomic mass is 10.3. The van der Waals surface area contributed by atoms with Gasteiger partial charge in [0.1, 0.15) is 0 Å². The van der Waals surface area contributed by atoms with E-state index in [0.29, 0.717) is 6.04 Å². The van der Waals surface area contributed by atoms with Gasteiger partial charge in [-0.05, 0) is 25.4 Å². The fraction of sp³-hybridized carbons (Fsp3) is 1.00. The number of nitrogens with zero attached hydrogens (tertiary/aromatic N) is 1. The second kappa shape index (κ2) is 1.80. The van der Waals surface area contributed by atoms with Crippen molar-refractivity contribution >= 4 is 0 Å². The summed E-state index contributed by atoms with van der Waals surface area (Å²) in [5.74, 6) is 0. The molecule has 1 atom stereocenters. The molecule has 0 amide bonds. The first kappa shape index (κ1) is 5.06. The Bertz CT molecular complexity index is 57.1. The van der Waals surface area contributed by atoms with Gasteiger partial charge in [0.2, 0.25) is 0 Å². The third-order valence-electron chi connectivity index (χ3n) is 1.49. The van der Waals surface area contributed by atoms with Gasteiger partial charge in [0.15, 0.2) is 0 Å². The average Bonchev–Trinajstić information content (AvgIpc) is 1.91. The number of hydrogen-bond acceptors (Lipinski definition) is 2. The summed E-state index contributed by atoms with van der Waals surface area (Å²) in [6, 6.07) is 0.292. The molecule has 0 aromatic heterocycles. The summed E-state index contributed by atoms with van der Waals surface area (Å²) >= 11 is 0. The molecule has 2 nitrogen and oxygen atoms in total. The van der Waals surface area contributed by atoms with Crippen molar-refractivity contribution < 1.29 is 0 Å². The molecule has 1 heterocycles. The maximum atomic E-state index is 10.5. The predicted molar refractivity (Wildman–Crippen MR) is 28.8 cm³/mol. The van der Waals surface area contributed by atoms with Crippen molar-refractivity contribution in [3.05, 3.63) is 5.21 Å². The van der Waals surface area contributed by atoms with Crippen LogP contribution in [0.5, 0.6) is 0 Å². The molecule has 0 spiro atoms. The van der Waals surface area contributed by atoms with Crippen molar-refractivity contribution in [2.24, 2.45) is 0 Å². The normalized spacial score (nSPS) is 34.3. The summed E-state index contributed by atoms with van der Waals surface area (Å²) in [5, 5.41) is 11.6. The van der Waals surface area contributed by atoms with Crippen LogP contribution in [0.2, 0.25) is 0 Å². The Kier molecular flexibility index (Phi) is 1.30. The number of hydrogen-bond donors (Lipinski definition) is 0. The predicted octanol–water partition coefficient (Wildman–Crippen LogP) is 0.969. The van der Waals surface area contributed by atoms with Gasteiger partial charge in [0, 0.05) is 0 Å². The highest BCUT2D eigenvalue weighted by Gasteiger charge is 2.09. The van der Waals surface area contributed by atoms with E-state index in [9.17, 15) is 5.21 Å². The maximum Gasteiger partial charge on any atom is -0.00546 e. The second-order valence-corrected chi connectivity index (χ2v) is 2.13. The zero-order valence-electron chi connectivity index (χ0n) is 4.55. The fourth-order valence-electron chi connectivity index (χ4n) is 0.907. The molecular weight excluding hydrogens is 90.1 g/mol. The van der Waals surface area contributed by atoms with E-state index < -0.39 is 0 Å². The first-order valence-corrected chi connectivity index (χ1v) is 2.74. The monoisotopic (exact) mass is 100 g/mol. The first-order chi connectivity index (χ1) is 3.30. The maximum absolute atomic E-state index is 10.5. The van der Waals surface area contributed by atoms with E-state index in [0.717, 1.165) is 24.4 Å². The van der Waals surface area contributed by atoms with E-state index >= 15 is 0 Å². The largest absolute Gasteiger partial charge is 0.785 e. The second-order valence-electron chi connectivity index (χ2n) is 2.13. The van der Waals surface area contributed by atoms with E-state index in [1.165, 1.54) is 0 Å². The molecule has 0 bridgehead atoms. The van der Waals surface area contributed by atoms with Crippen molar-refractivity contribution in [1.82, 2.24) is 5.06 Å². The Morgan fingerprint density at radius 3 is 2.57 bits per heavy atom. The topological polar surface area (TPSA) is 26.3 Å². The molecule has 0 saturated carbocycles. The number of hydroxylamine groups is 2. The third kappa shape index (κ3) is 0.924. The van der Waals surface area contributed by atoms with Gasteiger partial charge < -0.3 is 10.3 Å². The minimum absolute atomic E-state index is 0.292. The molecule has 0 aromatic carbocycles. The standard InChI is InChI=1S/C5H10NO/c1-5-3-2-4-6(5)7/h5H,2-4H2,1H3/q-1. The van der Waals surface area contributed by atoms with Gasteiger partial charge >= 0.3 is 0 Å². The van der Waals surface area contributed by atoms with Gasteiger partial charge in [-0.3, -0.25) is 0 Å². The van der Waals surface area contributed by atoms with E-state index in [1.54, 1.807) is 0 Å². The summed E-state index contributed by atoms with van der Waals surface area (Å²) in [6.45, 7) is 2.72. The smallest absolute Gasteiger partial charge is 0.00546 e. The lowest BCUT2D eigenvalue weighted by molar-refractivity contribution is 0.374. The van der Waals surface area contributed by atoms with Gasteiger partial charge in [-0.15, -0.1) is 0 Å². The fourth-order valence-corrected chi connectivity index (χ4v) is 0.907. The Morgan fingerprint density at radius 2 is 2.43 bits per heavy atom. The summed E-state index contributed by atoms with van der Waals surface area (Å²) in [7, 11) is 0. The minimum Gasteiger partial charge on any atom is -0.785 e. The SMILES string of the molecule is CC1CCCN1[O-]. The highest BCUT2D eigenvalue weighted by atomic mass is 16.5. The van der Waals surface area contributed by atoms with Crippen LogP contribution in [0.25, 0.3) is 0 Å². The number of rotatable bonds is 0. The van der Waals surface area contributed by atoms with Gasteiger partial charge in [-0.1, -0.05) is 6.92 Å². The van der Waals surface area contributed by atoms with Crippen LogP contribution in [0, 0.1) is 5.21 Å². The van der Waals surface area contributed by atoms with Crippen LogP contribution in [0.3, 0.4) is 0 Å². The lowest BCUT2D eigenvalue weighted by Crippen LogP contribution is -2.18. The van der Waals surface area contributed by atoms with E-state index in [2.05, 4.69) is 0 Å². The van der Waals surface area contributed by atoms with Crippen molar-refractivity contribution in [3.63, 3.8) is 0 Å². The third-order valence-corrected chi connectivity index (χ3v) is 1.49. The van der Waals surface area contributed by atoms with Gasteiger partial charge in [-0.2, -0.15) is 0 Å². The van der Waals surface area contributed by atoms with E-state index in [1.807, 2.05) is 6.92 Å². The van der Waals surface area contributed by atoms with Crippen molar-refractivity contribution in [3.8, 4) is 0 Å². The molecule has 1 aliphatic heterocycles. The summed E-state index contributed by atoms with van der Waals surface area (Å²) < 4.78 is 0. The van der Waals surface area contributed by atoms with Crippen LogP contribution < -0.4 is 0 Å². The van der Waals surface area contributed by atoms with Gasteiger partial charge in [0.25, 0.3) is 0 Å². The molecule has 1 saturated heterocycles. The van der Waals surface area contributed by atoms with Crippen LogP contribution in [0.4, 0.5) is 0 Å². The molecule has 0 N–H and O–H groups in total. The Hall–Kier alpha value is -0.0800. The quantitative estimate of drug-likeness (QED) is 0.453. The van der Waals surface area contributed by atoms with Crippen LogP contribution >= 0.6 is 0 Å². The molecule has 0 aliphatic carbocycles. The Balaban J connectivity index is 2.33. The van der Waals surface area contributed by atoms with Gasteiger partial charge in [-0.25, -0.2) is 0 Å². The first-order valence-electron chi connectivity index (χ1n) is 2.74. The molecule has 0 radical (unpaired) electrons. The average molecular weight is 100 g/mol. The minimum atomic E-state index is 0.292. The summed E-state index contributed by atoms with van der Waals surface area (Å²) in [6.07, 6.45) is 2.17. The highest BCUT2D eigenvalue weighted by molar-refractivity contribution is 4.74. The molecular formula is C5H10NO-. The van der Waals surface area contributed by atoms with Crippen LogP contribution in [-0.4, -0.2) is 17.6 Å². The molecule has 0 aromatic rings. The molecule has 7 heavy (non-hydrogen) atoms. The molecule has 1 rings (SSSR count). The highest BCUT2D eigenvalue weighted by Crippen LogP contribution is 2.13. The van der Waals surface area contributed by atoms with Crippen LogP contribution in [0.15, 0.2) is 0 Å². The zero-order chi connectivity index (χ0) is 5.28. The van der Waals surface area contributed by atoms with E-state index in [-0.39, 0.29) is 0 Å².